The molecule has 2 aromatic carbocycles. The summed E-state index contributed by atoms with van der Waals surface area (Å²) in [6.07, 6.45) is 0. The van der Waals surface area contributed by atoms with E-state index in [-0.39, 0.29) is 6.61 Å². The lowest BCUT2D eigenvalue weighted by molar-refractivity contribution is 0.278. The minimum Gasteiger partial charge on any atom is -0.493 e. The number of hydrogen-bond donors (Lipinski definition) is 1. The van der Waals surface area contributed by atoms with Crippen molar-refractivity contribution in [2.75, 3.05) is 42.7 Å². The van der Waals surface area contributed by atoms with Crippen molar-refractivity contribution in [3.05, 3.63) is 23.3 Å². The lowest BCUT2D eigenvalue weighted by atomic mass is 9.92. The van der Waals surface area contributed by atoms with Crippen LogP contribution in [0.15, 0.2) is 12.1 Å². The van der Waals surface area contributed by atoms with Crippen LogP contribution in [0.25, 0.3) is 11.1 Å². The van der Waals surface area contributed by atoms with Gasteiger partial charge in [0, 0.05) is 11.1 Å². The van der Waals surface area contributed by atoms with Gasteiger partial charge in [0.15, 0.2) is 23.0 Å². The normalized spacial score (nSPS) is 10.4. The predicted molar refractivity (Wildman–Crippen MR) is 102 cm³/mol. The van der Waals surface area contributed by atoms with Crippen LogP contribution in [0.3, 0.4) is 0 Å². The van der Waals surface area contributed by atoms with Gasteiger partial charge in [0.05, 0.1) is 49.3 Å². The number of methoxy groups -OCH3 is 6. The van der Waals surface area contributed by atoms with E-state index in [4.69, 9.17) is 28.4 Å². The van der Waals surface area contributed by atoms with Gasteiger partial charge >= 0.3 is 0 Å². The van der Waals surface area contributed by atoms with Gasteiger partial charge in [0.1, 0.15) is 0 Å². The van der Waals surface area contributed by atoms with Gasteiger partial charge in [-0.3, -0.25) is 0 Å². The number of aliphatic hydroxyl groups is 1. The third-order valence-corrected chi connectivity index (χ3v) is 4.36. The van der Waals surface area contributed by atoms with E-state index in [0.717, 1.165) is 5.56 Å². The second kappa shape index (κ2) is 8.73. The standard InChI is InChI=1S/C20H26O7/c1-11-8-13(22-2)17(24-4)19(26-6)15(11)16-12(10-21)9-14(23-3)18(25-5)20(16)27-7/h8-9,21H,10H2,1-7H3. The Morgan fingerprint density at radius 3 is 1.48 bits per heavy atom. The fraction of sp³-hybridized carbons (Fsp3) is 0.400. The fourth-order valence-electron chi connectivity index (χ4n) is 3.19. The first kappa shape index (κ1) is 20.5. The third-order valence-electron chi connectivity index (χ3n) is 4.36. The average Bonchev–Trinajstić information content (AvgIpc) is 2.70. The summed E-state index contributed by atoms with van der Waals surface area (Å²) >= 11 is 0. The second-order valence-corrected chi connectivity index (χ2v) is 5.67. The summed E-state index contributed by atoms with van der Waals surface area (Å²) in [5.74, 6) is 2.76. The molecule has 0 aliphatic rings. The van der Waals surface area contributed by atoms with Crippen molar-refractivity contribution in [1.29, 1.82) is 0 Å². The van der Waals surface area contributed by atoms with E-state index >= 15 is 0 Å². The Morgan fingerprint density at radius 1 is 0.630 bits per heavy atom. The molecule has 0 unspecified atom stereocenters. The Morgan fingerprint density at radius 2 is 1.07 bits per heavy atom. The molecule has 2 aromatic rings. The van der Waals surface area contributed by atoms with E-state index in [1.54, 1.807) is 20.3 Å². The fourth-order valence-corrected chi connectivity index (χ4v) is 3.19. The van der Waals surface area contributed by atoms with Gasteiger partial charge in [0.25, 0.3) is 0 Å². The second-order valence-electron chi connectivity index (χ2n) is 5.67. The van der Waals surface area contributed by atoms with Crippen molar-refractivity contribution < 1.29 is 33.5 Å². The van der Waals surface area contributed by atoms with Crippen LogP contribution < -0.4 is 28.4 Å². The molecule has 0 aliphatic heterocycles. The first-order valence-electron chi connectivity index (χ1n) is 8.25. The molecule has 0 fully saturated rings. The molecule has 7 nitrogen and oxygen atoms in total. The average molecular weight is 378 g/mol. The summed E-state index contributed by atoms with van der Waals surface area (Å²) < 4.78 is 33.1. The Hall–Kier alpha value is -2.80. The summed E-state index contributed by atoms with van der Waals surface area (Å²) in [4.78, 5) is 0. The highest BCUT2D eigenvalue weighted by Crippen LogP contribution is 2.53. The molecule has 0 aromatic heterocycles. The van der Waals surface area contributed by atoms with E-state index in [2.05, 4.69) is 0 Å². The molecule has 2 rings (SSSR count). The number of benzene rings is 2. The van der Waals surface area contributed by atoms with Crippen LogP contribution in [0.5, 0.6) is 34.5 Å². The molecule has 0 atom stereocenters. The van der Waals surface area contributed by atoms with Gasteiger partial charge in [0.2, 0.25) is 11.5 Å². The lowest BCUT2D eigenvalue weighted by Gasteiger charge is -2.23. The third kappa shape index (κ3) is 3.42. The van der Waals surface area contributed by atoms with Crippen LogP contribution in [0, 0.1) is 6.92 Å². The van der Waals surface area contributed by atoms with Gasteiger partial charge in [-0.25, -0.2) is 0 Å². The molecule has 7 heteroatoms. The van der Waals surface area contributed by atoms with Gasteiger partial charge in [-0.05, 0) is 30.2 Å². The lowest BCUT2D eigenvalue weighted by Crippen LogP contribution is -2.04. The molecule has 0 heterocycles. The van der Waals surface area contributed by atoms with Gasteiger partial charge in [-0.15, -0.1) is 0 Å². The molecule has 0 radical (unpaired) electrons. The topological polar surface area (TPSA) is 75.6 Å². The molecule has 0 aliphatic carbocycles. The molecule has 1 N–H and O–H groups in total. The molecule has 0 saturated carbocycles. The van der Waals surface area contributed by atoms with Crippen LogP contribution >= 0.6 is 0 Å². The van der Waals surface area contributed by atoms with E-state index in [1.165, 1.54) is 28.4 Å². The van der Waals surface area contributed by atoms with E-state index in [0.29, 0.717) is 51.2 Å². The number of ether oxygens (including phenoxy) is 6. The number of rotatable bonds is 8. The maximum atomic E-state index is 10.0. The van der Waals surface area contributed by atoms with Crippen LogP contribution in [0.2, 0.25) is 0 Å². The summed E-state index contributed by atoms with van der Waals surface area (Å²) in [6, 6.07) is 3.56. The van der Waals surface area contributed by atoms with Gasteiger partial charge in [-0.2, -0.15) is 0 Å². The molecule has 0 bridgehead atoms. The van der Waals surface area contributed by atoms with Crippen molar-refractivity contribution in [3.63, 3.8) is 0 Å². The first-order chi connectivity index (χ1) is 13.0. The maximum absolute atomic E-state index is 10.0. The van der Waals surface area contributed by atoms with Gasteiger partial charge < -0.3 is 33.5 Å². The minimum atomic E-state index is -0.233. The van der Waals surface area contributed by atoms with Crippen molar-refractivity contribution in [1.82, 2.24) is 0 Å². The molecule has 0 spiro atoms. The van der Waals surface area contributed by atoms with Crippen LogP contribution in [-0.2, 0) is 6.61 Å². The number of hydrogen-bond acceptors (Lipinski definition) is 7. The molecule has 27 heavy (non-hydrogen) atoms. The van der Waals surface area contributed by atoms with Gasteiger partial charge in [-0.1, -0.05) is 0 Å². The van der Waals surface area contributed by atoms with Crippen LogP contribution in [0.1, 0.15) is 11.1 Å². The summed E-state index contributed by atoms with van der Waals surface area (Å²) in [5, 5.41) is 10.0. The van der Waals surface area contributed by atoms with Crippen LogP contribution in [-0.4, -0.2) is 47.8 Å². The predicted octanol–water partition coefficient (Wildman–Crippen LogP) is 3.21. The Labute approximate surface area is 159 Å². The summed E-state index contributed by atoms with van der Waals surface area (Å²) in [6.45, 7) is 1.68. The Bertz CT molecular complexity index is 815. The molecule has 0 amide bonds. The smallest absolute Gasteiger partial charge is 0.203 e. The highest BCUT2D eigenvalue weighted by Gasteiger charge is 2.28. The zero-order chi connectivity index (χ0) is 20.1. The molecular formula is C20H26O7. The summed E-state index contributed by atoms with van der Waals surface area (Å²) in [7, 11) is 9.24. The first-order valence-corrected chi connectivity index (χ1v) is 8.25. The zero-order valence-electron chi connectivity index (χ0n) is 16.8. The van der Waals surface area contributed by atoms with E-state index in [1.807, 2.05) is 13.0 Å². The quantitative estimate of drug-likeness (QED) is 0.756. The Kier molecular flexibility index (Phi) is 6.63. The highest BCUT2D eigenvalue weighted by atomic mass is 16.5. The van der Waals surface area contributed by atoms with Crippen molar-refractivity contribution in [2.24, 2.45) is 0 Å². The number of aliphatic hydroxyl groups excluding tert-OH is 1. The van der Waals surface area contributed by atoms with E-state index in [9.17, 15) is 5.11 Å². The van der Waals surface area contributed by atoms with Crippen LogP contribution in [0.4, 0.5) is 0 Å². The van der Waals surface area contributed by atoms with Crippen molar-refractivity contribution >= 4 is 0 Å². The van der Waals surface area contributed by atoms with E-state index < -0.39 is 0 Å². The Balaban J connectivity index is 3.01. The number of aryl methyl sites for hydroxylation is 1. The monoisotopic (exact) mass is 378 g/mol. The maximum Gasteiger partial charge on any atom is 0.203 e. The summed E-state index contributed by atoms with van der Waals surface area (Å²) in [5.41, 5.74) is 2.78. The molecule has 148 valence electrons. The van der Waals surface area contributed by atoms with Crippen molar-refractivity contribution in [2.45, 2.75) is 13.5 Å². The minimum absolute atomic E-state index is 0.233. The SMILES string of the molecule is COc1cc(C)c(-c2c(CO)cc(OC)c(OC)c2OC)c(OC)c1OC. The zero-order valence-corrected chi connectivity index (χ0v) is 16.8. The largest absolute Gasteiger partial charge is 0.493 e. The van der Waals surface area contributed by atoms with Crippen molar-refractivity contribution in [3.8, 4) is 45.6 Å². The molecular weight excluding hydrogens is 352 g/mol. The highest BCUT2D eigenvalue weighted by molar-refractivity contribution is 5.87. The molecule has 0 saturated heterocycles.